The number of sulfonamides is 1. The summed E-state index contributed by atoms with van der Waals surface area (Å²) in [5.41, 5.74) is 1.77. The fourth-order valence-corrected chi connectivity index (χ4v) is 7.06. The van der Waals surface area contributed by atoms with Crippen LogP contribution in [0.1, 0.15) is 42.1 Å². The molecule has 12 heteroatoms. The molecule has 3 unspecified atom stereocenters. The molecule has 11 nitrogen and oxygen atoms in total. The van der Waals surface area contributed by atoms with Crippen LogP contribution in [-0.4, -0.2) is 81.0 Å². The van der Waals surface area contributed by atoms with E-state index in [1.165, 1.54) is 15.4 Å². The van der Waals surface area contributed by atoms with Crippen molar-refractivity contribution in [2.24, 2.45) is 0 Å². The minimum absolute atomic E-state index is 0.245. The number of aromatic nitrogens is 3. The minimum Gasteiger partial charge on any atom is -0.340 e. The third kappa shape index (κ3) is 5.48. The zero-order chi connectivity index (χ0) is 27.6. The molecule has 3 aromatic rings. The maximum absolute atomic E-state index is 13.6. The zero-order valence-corrected chi connectivity index (χ0v) is 22.3. The van der Waals surface area contributed by atoms with Crippen LogP contribution in [-0.2, 0) is 25.4 Å². The highest BCUT2D eigenvalue weighted by Crippen LogP contribution is 2.33. The summed E-state index contributed by atoms with van der Waals surface area (Å²) in [5.74, 6) is -1.34. The van der Waals surface area contributed by atoms with E-state index in [1.807, 2.05) is 11.5 Å². The number of amides is 2. The predicted octanol–water partition coefficient (Wildman–Crippen LogP) is 1.55. The maximum atomic E-state index is 13.6. The molecule has 2 aromatic heterocycles. The lowest BCUT2D eigenvalue weighted by Crippen LogP contribution is -2.52. The largest absolute Gasteiger partial charge is 0.340 e. The van der Waals surface area contributed by atoms with E-state index in [0.29, 0.717) is 30.4 Å². The van der Waals surface area contributed by atoms with Gasteiger partial charge < -0.3 is 14.8 Å². The van der Waals surface area contributed by atoms with E-state index in [9.17, 15) is 22.8 Å². The van der Waals surface area contributed by atoms with Crippen molar-refractivity contribution in [1.29, 1.82) is 0 Å². The average Bonchev–Trinajstić information content (AvgIpc) is 3.68. The second-order valence-corrected chi connectivity index (χ2v) is 11.7. The first-order chi connectivity index (χ1) is 18.8. The van der Waals surface area contributed by atoms with Gasteiger partial charge in [0.25, 0.3) is 5.91 Å². The summed E-state index contributed by atoms with van der Waals surface area (Å²) in [6.45, 7) is 1.89. The minimum atomic E-state index is -3.80. The van der Waals surface area contributed by atoms with E-state index in [1.54, 1.807) is 61.3 Å². The van der Waals surface area contributed by atoms with Crippen molar-refractivity contribution in [2.75, 3.05) is 13.1 Å². The molecule has 0 bridgehead atoms. The Hall–Kier alpha value is -3.90. The van der Waals surface area contributed by atoms with Gasteiger partial charge >= 0.3 is 0 Å². The smallest absolute Gasteiger partial charge is 0.251 e. The molecule has 5 rings (SSSR count). The molecule has 0 spiro atoms. The van der Waals surface area contributed by atoms with Crippen LogP contribution in [0.5, 0.6) is 0 Å². The molecular formula is C27H30N6O5S. The van der Waals surface area contributed by atoms with E-state index in [4.69, 9.17) is 0 Å². The van der Waals surface area contributed by atoms with Crippen LogP contribution in [0, 0.1) is 0 Å². The first-order valence-corrected chi connectivity index (χ1v) is 14.5. The molecule has 3 atom stereocenters. The molecule has 0 aliphatic carbocycles. The van der Waals surface area contributed by atoms with Crippen molar-refractivity contribution >= 4 is 27.6 Å². The number of imidazole rings is 1. The van der Waals surface area contributed by atoms with Crippen molar-refractivity contribution in [3.8, 4) is 5.69 Å². The first-order valence-electron chi connectivity index (χ1n) is 12.9. The van der Waals surface area contributed by atoms with Gasteiger partial charge in [-0.2, -0.15) is 4.31 Å². The topological polar surface area (TPSA) is 135 Å². The number of likely N-dealkylation sites (tertiary alicyclic amines) is 1. The van der Waals surface area contributed by atoms with Gasteiger partial charge in [-0.25, -0.2) is 13.4 Å². The van der Waals surface area contributed by atoms with Crippen LogP contribution in [0.25, 0.3) is 5.69 Å². The van der Waals surface area contributed by atoms with Crippen molar-refractivity contribution in [2.45, 2.75) is 50.1 Å². The van der Waals surface area contributed by atoms with Gasteiger partial charge in [-0.05, 0) is 48.7 Å². The summed E-state index contributed by atoms with van der Waals surface area (Å²) in [7, 11) is -3.80. The number of pyridine rings is 1. The number of rotatable bonds is 9. The quantitative estimate of drug-likeness (QED) is 0.427. The third-order valence-electron chi connectivity index (χ3n) is 7.20. The second-order valence-electron chi connectivity index (χ2n) is 9.79. The fourth-order valence-electron chi connectivity index (χ4n) is 5.34. The van der Waals surface area contributed by atoms with Crippen LogP contribution < -0.4 is 5.32 Å². The van der Waals surface area contributed by atoms with Gasteiger partial charge in [0.2, 0.25) is 15.9 Å². The Kier molecular flexibility index (Phi) is 7.58. The lowest BCUT2D eigenvalue weighted by atomic mass is 10.1. The highest BCUT2D eigenvalue weighted by atomic mass is 32.2. The molecule has 4 heterocycles. The molecule has 2 aliphatic heterocycles. The summed E-state index contributed by atoms with van der Waals surface area (Å²) in [6, 6.07) is 7.96. The SMILES string of the molecule is CCCC(NC(=O)c1ccc(-n2ccnc2)cc1)C(=O)N1CCC2C1C(=O)CN2S(=O)(=O)Cc1cccnc1. The highest BCUT2D eigenvalue weighted by molar-refractivity contribution is 7.88. The summed E-state index contributed by atoms with van der Waals surface area (Å²) in [5, 5.41) is 2.83. The van der Waals surface area contributed by atoms with Crippen LogP contribution in [0.3, 0.4) is 0 Å². The molecule has 0 saturated carbocycles. The van der Waals surface area contributed by atoms with E-state index in [-0.39, 0.29) is 30.5 Å². The first kappa shape index (κ1) is 26.7. The van der Waals surface area contributed by atoms with Crippen LogP contribution in [0.4, 0.5) is 0 Å². The summed E-state index contributed by atoms with van der Waals surface area (Å²) in [4.78, 5) is 49.1. The van der Waals surface area contributed by atoms with Crippen LogP contribution in [0.15, 0.2) is 67.5 Å². The number of nitrogens with one attached hydrogen (secondary N) is 1. The Morgan fingerprint density at radius 3 is 2.59 bits per heavy atom. The second kappa shape index (κ2) is 11.1. The summed E-state index contributed by atoms with van der Waals surface area (Å²) < 4.78 is 29.4. The molecule has 39 heavy (non-hydrogen) atoms. The number of fused-ring (bicyclic) bond motifs is 1. The molecule has 2 fully saturated rings. The van der Waals surface area contributed by atoms with Gasteiger partial charge in [-0.15, -0.1) is 0 Å². The van der Waals surface area contributed by atoms with Crippen LogP contribution in [0.2, 0.25) is 0 Å². The fraction of sp³-hybridized carbons (Fsp3) is 0.370. The Morgan fingerprint density at radius 1 is 1.13 bits per heavy atom. The number of ketones is 1. The molecule has 2 amide bonds. The van der Waals surface area contributed by atoms with E-state index < -0.39 is 34.1 Å². The van der Waals surface area contributed by atoms with E-state index in [0.717, 1.165) is 5.69 Å². The molecule has 1 aromatic carbocycles. The number of carbonyl (C=O) groups excluding carboxylic acids is 3. The van der Waals surface area contributed by atoms with E-state index >= 15 is 0 Å². The van der Waals surface area contributed by atoms with Crippen molar-refractivity contribution in [3.05, 3.63) is 78.6 Å². The van der Waals surface area contributed by atoms with Crippen LogP contribution >= 0.6 is 0 Å². The number of carbonyl (C=O) groups is 3. The van der Waals surface area contributed by atoms with Gasteiger partial charge in [0.15, 0.2) is 5.78 Å². The summed E-state index contributed by atoms with van der Waals surface area (Å²) >= 11 is 0. The standard InChI is InChI=1S/C27H30N6O5S/c1-2-4-22(30-26(35)20-6-8-21(9-7-20)31-14-12-29-18-31)27(36)32-13-10-23-25(32)24(34)16-33(23)39(37,38)17-19-5-3-11-28-15-19/h3,5-9,11-12,14-15,18,22-23,25H,2,4,10,13,16-17H2,1H3,(H,30,35). The summed E-state index contributed by atoms with van der Waals surface area (Å²) in [6.07, 6.45) is 9.55. The Morgan fingerprint density at radius 2 is 1.92 bits per heavy atom. The molecular weight excluding hydrogens is 520 g/mol. The number of nitrogens with zero attached hydrogens (tertiary/aromatic N) is 5. The highest BCUT2D eigenvalue weighted by Gasteiger charge is 2.54. The number of Topliss-reactive ketones (excluding diaryl/α,β-unsaturated/α-hetero) is 1. The van der Waals surface area contributed by atoms with Gasteiger partial charge in [0.1, 0.15) is 12.1 Å². The molecule has 2 saturated heterocycles. The predicted molar refractivity (Wildman–Crippen MR) is 142 cm³/mol. The number of benzene rings is 1. The molecule has 0 radical (unpaired) electrons. The zero-order valence-electron chi connectivity index (χ0n) is 21.5. The molecule has 1 N–H and O–H groups in total. The average molecular weight is 551 g/mol. The monoisotopic (exact) mass is 550 g/mol. The maximum Gasteiger partial charge on any atom is 0.251 e. The number of hydrogen-bond acceptors (Lipinski definition) is 7. The lowest BCUT2D eigenvalue weighted by Gasteiger charge is -2.28. The lowest BCUT2D eigenvalue weighted by molar-refractivity contribution is -0.138. The van der Waals surface area contributed by atoms with E-state index in [2.05, 4.69) is 15.3 Å². The Bertz CT molecular complexity index is 1440. The van der Waals surface area contributed by atoms with Gasteiger partial charge in [0.05, 0.1) is 24.7 Å². The Balaban J connectivity index is 1.28. The van der Waals surface area contributed by atoms with Crippen molar-refractivity contribution in [3.63, 3.8) is 0 Å². The normalized spacial score (nSPS) is 20.1. The Labute approximate surface area is 226 Å². The number of hydrogen-bond donors (Lipinski definition) is 1. The van der Waals surface area contributed by atoms with Gasteiger partial charge in [0, 0.05) is 42.6 Å². The van der Waals surface area contributed by atoms with Gasteiger partial charge in [-0.1, -0.05) is 19.4 Å². The third-order valence-corrected chi connectivity index (χ3v) is 9.02. The van der Waals surface area contributed by atoms with Gasteiger partial charge in [-0.3, -0.25) is 19.4 Å². The van der Waals surface area contributed by atoms with Crippen molar-refractivity contribution < 1.29 is 22.8 Å². The van der Waals surface area contributed by atoms with Crippen molar-refractivity contribution in [1.82, 2.24) is 29.1 Å². The molecule has 204 valence electrons. The molecule has 2 aliphatic rings.